The van der Waals surface area contributed by atoms with Crippen LogP contribution in [-0.2, 0) is 6.42 Å². The Morgan fingerprint density at radius 1 is 1.12 bits per heavy atom. The summed E-state index contributed by atoms with van der Waals surface area (Å²) in [5.74, 6) is 1.17. The summed E-state index contributed by atoms with van der Waals surface area (Å²) in [6.07, 6.45) is 0.936. The van der Waals surface area contributed by atoms with Crippen molar-refractivity contribution in [2.24, 2.45) is 11.8 Å². The lowest BCUT2D eigenvalue weighted by Gasteiger charge is -2.21. The maximum absolute atomic E-state index is 6.18. The molecule has 1 rings (SSSR count). The highest BCUT2D eigenvalue weighted by atomic mass is 35.5. The van der Waals surface area contributed by atoms with Gasteiger partial charge in [0.2, 0.25) is 0 Å². The molecule has 0 heterocycles. The Kier molecular flexibility index (Phi) is 6.32. The first-order valence-electron chi connectivity index (χ1n) is 6.19. The van der Waals surface area contributed by atoms with Gasteiger partial charge in [0.1, 0.15) is 0 Å². The zero-order valence-corrected chi connectivity index (χ0v) is 12.3. The zero-order chi connectivity index (χ0) is 12.8. The molecule has 0 amide bonds. The molecule has 0 aromatic heterocycles. The van der Waals surface area contributed by atoms with E-state index < -0.39 is 0 Å². The third kappa shape index (κ3) is 4.50. The Labute approximate surface area is 115 Å². The van der Waals surface area contributed by atoms with Gasteiger partial charge < -0.3 is 5.32 Å². The van der Waals surface area contributed by atoms with Gasteiger partial charge in [0.15, 0.2) is 0 Å². The minimum absolute atomic E-state index is 0.562. The summed E-state index contributed by atoms with van der Waals surface area (Å²) in [5, 5.41) is 4.93. The molecule has 2 atom stereocenters. The molecule has 1 aromatic carbocycles. The van der Waals surface area contributed by atoms with Crippen LogP contribution in [0.5, 0.6) is 0 Å². The topological polar surface area (TPSA) is 12.0 Å². The largest absolute Gasteiger partial charge is 0.317 e. The quantitative estimate of drug-likeness (QED) is 0.809. The second-order valence-electron chi connectivity index (χ2n) is 4.67. The highest BCUT2D eigenvalue weighted by Gasteiger charge is 2.15. The number of benzene rings is 1. The third-order valence-corrected chi connectivity index (χ3v) is 3.98. The molecule has 0 saturated heterocycles. The standard InChI is InChI=1S/C14H21Cl2N/c1-4-17-9-11(3)10(2)8-12-13(15)6-5-7-14(12)16/h5-7,10-11,17H,4,8-9H2,1-3H3. The van der Waals surface area contributed by atoms with E-state index in [4.69, 9.17) is 23.2 Å². The number of rotatable bonds is 6. The zero-order valence-electron chi connectivity index (χ0n) is 10.8. The van der Waals surface area contributed by atoms with Crippen LogP contribution in [0.4, 0.5) is 0 Å². The molecule has 0 radical (unpaired) electrons. The predicted molar refractivity (Wildman–Crippen MR) is 77.0 cm³/mol. The SMILES string of the molecule is CCNCC(C)C(C)Cc1c(Cl)cccc1Cl. The predicted octanol–water partition coefficient (Wildman–Crippen LogP) is 4.42. The molecule has 0 aliphatic heterocycles. The lowest BCUT2D eigenvalue weighted by atomic mass is 9.89. The molecule has 1 aromatic rings. The van der Waals surface area contributed by atoms with Gasteiger partial charge in [0, 0.05) is 10.0 Å². The van der Waals surface area contributed by atoms with Crippen molar-refractivity contribution in [2.45, 2.75) is 27.2 Å². The number of halogens is 2. The van der Waals surface area contributed by atoms with Crippen LogP contribution in [0.1, 0.15) is 26.3 Å². The molecular weight excluding hydrogens is 253 g/mol. The Hall–Kier alpha value is -0.240. The fourth-order valence-corrected chi connectivity index (χ4v) is 2.38. The van der Waals surface area contributed by atoms with Crippen molar-refractivity contribution in [3.05, 3.63) is 33.8 Å². The van der Waals surface area contributed by atoms with E-state index in [-0.39, 0.29) is 0 Å². The van der Waals surface area contributed by atoms with Gasteiger partial charge in [-0.15, -0.1) is 0 Å². The van der Waals surface area contributed by atoms with Crippen molar-refractivity contribution in [3.8, 4) is 0 Å². The third-order valence-electron chi connectivity index (χ3n) is 3.28. The second kappa shape index (κ2) is 7.25. The van der Waals surface area contributed by atoms with Crippen molar-refractivity contribution in [1.82, 2.24) is 5.32 Å². The summed E-state index contributed by atoms with van der Waals surface area (Å²) < 4.78 is 0. The van der Waals surface area contributed by atoms with Crippen LogP contribution >= 0.6 is 23.2 Å². The van der Waals surface area contributed by atoms with E-state index in [1.807, 2.05) is 18.2 Å². The van der Waals surface area contributed by atoms with Crippen molar-refractivity contribution in [1.29, 1.82) is 0 Å². The van der Waals surface area contributed by atoms with Gasteiger partial charge in [0.25, 0.3) is 0 Å². The van der Waals surface area contributed by atoms with E-state index >= 15 is 0 Å². The molecular formula is C14H21Cl2N. The summed E-state index contributed by atoms with van der Waals surface area (Å²) in [6, 6.07) is 5.70. The molecule has 1 N–H and O–H groups in total. The van der Waals surface area contributed by atoms with Crippen molar-refractivity contribution >= 4 is 23.2 Å². The van der Waals surface area contributed by atoms with Gasteiger partial charge in [0.05, 0.1) is 0 Å². The van der Waals surface area contributed by atoms with E-state index in [1.165, 1.54) is 0 Å². The first-order valence-corrected chi connectivity index (χ1v) is 6.95. The van der Waals surface area contributed by atoms with Crippen LogP contribution in [0.15, 0.2) is 18.2 Å². The maximum Gasteiger partial charge on any atom is 0.0452 e. The van der Waals surface area contributed by atoms with Crippen LogP contribution < -0.4 is 5.32 Å². The van der Waals surface area contributed by atoms with Gasteiger partial charge in [-0.05, 0) is 49.0 Å². The molecule has 0 bridgehead atoms. The fraction of sp³-hybridized carbons (Fsp3) is 0.571. The Bertz CT molecular complexity index is 332. The molecule has 0 aliphatic carbocycles. The highest BCUT2D eigenvalue weighted by molar-refractivity contribution is 6.35. The molecule has 0 spiro atoms. The lowest BCUT2D eigenvalue weighted by molar-refractivity contribution is 0.368. The van der Waals surface area contributed by atoms with Crippen molar-refractivity contribution < 1.29 is 0 Å². The van der Waals surface area contributed by atoms with Crippen LogP contribution in [0, 0.1) is 11.8 Å². The summed E-state index contributed by atoms with van der Waals surface area (Å²) in [4.78, 5) is 0. The Morgan fingerprint density at radius 3 is 2.24 bits per heavy atom. The van der Waals surface area contributed by atoms with Gasteiger partial charge in [-0.3, -0.25) is 0 Å². The normalized spacial score (nSPS) is 14.6. The summed E-state index contributed by atoms with van der Waals surface area (Å²) in [5.41, 5.74) is 1.08. The average molecular weight is 274 g/mol. The number of nitrogens with one attached hydrogen (secondary N) is 1. The molecule has 17 heavy (non-hydrogen) atoms. The summed E-state index contributed by atoms with van der Waals surface area (Å²) in [6.45, 7) is 8.70. The van der Waals surface area contributed by atoms with Gasteiger partial charge >= 0.3 is 0 Å². The second-order valence-corrected chi connectivity index (χ2v) is 5.48. The molecule has 1 nitrogen and oxygen atoms in total. The first kappa shape index (κ1) is 14.8. The monoisotopic (exact) mass is 273 g/mol. The molecule has 96 valence electrons. The number of hydrogen-bond donors (Lipinski definition) is 1. The van der Waals surface area contributed by atoms with Crippen molar-refractivity contribution in [3.63, 3.8) is 0 Å². The van der Waals surface area contributed by atoms with Crippen molar-refractivity contribution in [2.75, 3.05) is 13.1 Å². The lowest BCUT2D eigenvalue weighted by Crippen LogP contribution is -2.26. The first-order chi connectivity index (χ1) is 8.06. The van der Waals surface area contributed by atoms with E-state index in [1.54, 1.807) is 0 Å². The van der Waals surface area contributed by atoms with E-state index in [9.17, 15) is 0 Å². The smallest absolute Gasteiger partial charge is 0.0452 e. The van der Waals surface area contributed by atoms with Crippen LogP contribution in [0.3, 0.4) is 0 Å². The van der Waals surface area contributed by atoms with E-state index in [0.717, 1.165) is 35.1 Å². The summed E-state index contributed by atoms with van der Waals surface area (Å²) in [7, 11) is 0. The highest BCUT2D eigenvalue weighted by Crippen LogP contribution is 2.28. The maximum atomic E-state index is 6.18. The molecule has 3 heteroatoms. The van der Waals surface area contributed by atoms with E-state index in [2.05, 4.69) is 26.1 Å². The fourth-order valence-electron chi connectivity index (χ4n) is 1.82. The Morgan fingerprint density at radius 2 is 1.71 bits per heavy atom. The minimum atomic E-state index is 0.562. The van der Waals surface area contributed by atoms with Gasteiger partial charge in [-0.2, -0.15) is 0 Å². The molecule has 2 unspecified atom stereocenters. The summed E-state index contributed by atoms with van der Waals surface area (Å²) >= 11 is 12.4. The van der Waals surface area contributed by atoms with Crippen LogP contribution in [0.2, 0.25) is 10.0 Å². The van der Waals surface area contributed by atoms with Crippen LogP contribution in [-0.4, -0.2) is 13.1 Å². The molecule has 0 fully saturated rings. The van der Waals surface area contributed by atoms with Crippen LogP contribution in [0.25, 0.3) is 0 Å². The van der Waals surface area contributed by atoms with Gasteiger partial charge in [-0.25, -0.2) is 0 Å². The van der Waals surface area contributed by atoms with Gasteiger partial charge in [-0.1, -0.05) is 50.0 Å². The number of hydrogen-bond acceptors (Lipinski definition) is 1. The van der Waals surface area contributed by atoms with E-state index in [0.29, 0.717) is 11.8 Å². The minimum Gasteiger partial charge on any atom is -0.317 e. The molecule has 0 saturated carbocycles. The Balaban J connectivity index is 2.64. The molecule has 0 aliphatic rings. The average Bonchev–Trinajstić information content (AvgIpc) is 2.30.